The van der Waals surface area contributed by atoms with Gasteiger partial charge in [-0.25, -0.2) is 0 Å². The summed E-state index contributed by atoms with van der Waals surface area (Å²) in [4.78, 5) is 0. The first-order valence-corrected chi connectivity index (χ1v) is 3.85. The molecule has 0 aromatic rings. The van der Waals surface area contributed by atoms with E-state index in [1.807, 2.05) is 6.92 Å². The van der Waals surface area contributed by atoms with Gasteiger partial charge in [0.1, 0.15) is 13.6 Å². The summed E-state index contributed by atoms with van der Waals surface area (Å²) in [6.45, 7) is 0.791. The summed E-state index contributed by atoms with van der Waals surface area (Å²) in [6.07, 6.45) is 0.654. The van der Waals surface area contributed by atoms with Crippen LogP contribution in [0.25, 0.3) is 0 Å². The number of aliphatic hydroxyl groups is 3. The maximum absolute atomic E-state index is 8.83. The van der Waals surface area contributed by atoms with E-state index >= 15 is 0 Å². The molecule has 0 fully saturated rings. The molecule has 72 valence electrons. The first-order chi connectivity index (χ1) is 5.79. The van der Waals surface area contributed by atoms with E-state index in [9.17, 15) is 0 Å². The van der Waals surface area contributed by atoms with Crippen LogP contribution >= 0.6 is 0 Å². The summed E-state index contributed by atoms with van der Waals surface area (Å²) in [7, 11) is -0.741. The second kappa shape index (κ2) is 7.51. The van der Waals surface area contributed by atoms with Gasteiger partial charge in [0.2, 0.25) is 0 Å². The van der Waals surface area contributed by atoms with Gasteiger partial charge in [0.25, 0.3) is 0 Å². The van der Waals surface area contributed by atoms with Crippen molar-refractivity contribution in [2.75, 3.05) is 20.2 Å². The van der Waals surface area contributed by atoms with Gasteiger partial charge in [-0.05, 0) is 0 Å². The Morgan fingerprint density at radius 1 is 1.17 bits per heavy atom. The Morgan fingerprint density at radius 2 is 1.67 bits per heavy atom. The highest BCUT2D eigenvalue weighted by Gasteiger charge is 2.27. The normalized spacial score (nSPS) is 13.0. The molecule has 1 unspecified atom stereocenters. The fraction of sp³-hybridized carbons (Fsp3) is 1.00. The molecule has 1 atom stereocenters. The molecule has 0 aliphatic rings. The van der Waals surface area contributed by atoms with Crippen molar-refractivity contribution in [3.8, 4) is 0 Å². The molecule has 0 amide bonds. The summed E-state index contributed by atoms with van der Waals surface area (Å²) in [5.41, 5.74) is 0. The van der Waals surface area contributed by atoms with Gasteiger partial charge in [0.05, 0.1) is 0 Å². The predicted molar refractivity (Wildman–Crippen MR) is 43.2 cm³/mol. The molecular formula is C6H15BO5. The molecule has 0 aromatic carbocycles. The number of hydrogen-bond donors (Lipinski definition) is 3. The lowest BCUT2D eigenvalue weighted by Gasteiger charge is -2.18. The molecule has 5 nitrogen and oxygen atoms in total. The third-order valence-corrected chi connectivity index (χ3v) is 1.62. The van der Waals surface area contributed by atoms with E-state index in [1.54, 1.807) is 0 Å². The smallest absolute Gasteiger partial charge is 0.397 e. The third kappa shape index (κ3) is 4.03. The van der Waals surface area contributed by atoms with Gasteiger partial charge >= 0.3 is 7.12 Å². The second-order valence-electron chi connectivity index (χ2n) is 2.31. The molecule has 0 heterocycles. The zero-order valence-electron chi connectivity index (χ0n) is 7.14. The molecule has 0 bridgehead atoms. The Hall–Kier alpha value is -0.135. The molecule has 0 aliphatic carbocycles. The molecule has 3 N–H and O–H groups in total. The lowest BCUT2D eigenvalue weighted by Crippen LogP contribution is -2.31. The maximum Gasteiger partial charge on any atom is 0.465 e. The van der Waals surface area contributed by atoms with Crippen molar-refractivity contribution >= 4 is 7.12 Å². The quantitative estimate of drug-likeness (QED) is 0.350. The molecular weight excluding hydrogens is 163 g/mol. The van der Waals surface area contributed by atoms with Crippen LogP contribution < -0.4 is 0 Å². The largest absolute Gasteiger partial charge is 0.465 e. The average Bonchev–Trinajstić information content (AvgIpc) is 2.07. The average molecular weight is 178 g/mol. The van der Waals surface area contributed by atoms with E-state index in [0.717, 1.165) is 0 Å². The second-order valence-corrected chi connectivity index (χ2v) is 2.31. The third-order valence-electron chi connectivity index (χ3n) is 1.62. The Labute approximate surface area is 72.1 Å². The molecule has 12 heavy (non-hydrogen) atoms. The van der Waals surface area contributed by atoms with Gasteiger partial charge < -0.3 is 24.6 Å². The highest BCUT2D eigenvalue weighted by Crippen LogP contribution is 2.15. The van der Waals surface area contributed by atoms with Gasteiger partial charge in [-0.2, -0.15) is 0 Å². The summed E-state index contributed by atoms with van der Waals surface area (Å²) < 4.78 is 9.48. The standard InChI is InChI=1S/C6H15BO5/c1-2-6(3-8)7(11-4-9)12-5-10/h6,8-10H,2-5H2,1H3. The van der Waals surface area contributed by atoms with E-state index < -0.39 is 20.7 Å². The van der Waals surface area contributed by atoms with E-state index in [0.29, 0.717) is 6.42 Å². The van der Waals surface area contributed by atoms with Crippen LogP contribution in [0.2, 0.25) is 5.82 Å². The van der Waals surface area contributed by atoms with Crippen LogP contribution in [0.3, 0.4) is 0 Å². The van der Waals surface area contributed by atoms with Gasteiger partial charge in [0, 0.05) is 12.4 Å². The Kier molecular flexibility index (Phi) is 7.43. The van der Waals surface area contributed by atoms with Crippen LogP contribution in [-0.4, -0.2) is 42.6 Å². The molecule has 6 heteroatoms. The highest BCUT2D eigenvalue weighted by molar-refractivity contribution is 6.46. The topological polar surface area (TPSA) is 79.2 Å². The number of aliphatic hydroxyl groups excluding tert-OH is 3. The Bertz CT molecular complexity index is 91.9. The lowest BCUT2D eigenvalue weighted by molar-refractivity contribution is 0.0212. The van der Waals surface area contributed by atoms with E-state index in [1.165, 1.54) is 0 Å². The van der Waals surface area contributed by atoms with Crippen LogP contribution in [0.5, 0.6) is 0 Å². The fourth-order valence-electron chi connectivity index (χ4n) is 0.875. The summed E-state index contributed by atoms with van der Waals surface area (Å²) in [5, 5.41) is 25.7. The maximum atomic E-state index is 8.83. The lowest BCUT2D eigenvalue weighted by atomic mass is 9.71. The summed E-state index contributed by atoms with van der Waals surface area (Å²) in [5.74, 6) is -0.218. The first-order valence-electron chi connectivity index (χ1n) is 3.85. The van der Waals surface area contributed by atoms with Crippen LogP contribution in [-0.2, 0) is 9.31 Å². The van der Waals surface area contributed by atoms with Crippen LogP contribution in [0.4, 0.5) is 0 Å². The van der Waals surface area contributed by atoms with Crippen molar-refractivity contribution in [1.82, 2.24) is 0 Å². The van der Waals surface area contributed by atoms with Crippen LogP contribution in [0.15, 0.2) is 0 Å². The summed E-state index contributed by atoms with van der Waals surface area (Å²) >= 11 is 0. The SMILES string of the molecule is CCC(CO)B(OCO)OCO. The monoisotopic (exact) mass is 178 g/mol. The molecule has 0 aliphatic heterocycles. The number of rotatable bonds is 7. The van der Waals surface area contributed by atoms with Crippen LogP contribution in [0.1, 0.15) is 13.3 Å². The molecule has 0 radical (unpaired) electrons. The van der Waals surface area contributed by atoms with Crippen molar-refractivity contribution in [3.05, 3.63) is 0 Å². The molecule has 0 aromatic heterocycles. The summed E-state index contributed by atoms with van der Waals surface area (Å²) in [6, 6.07) is 0. The minimum atomic E-state index is -0.741. The van der Waals surface area contributed by atoms with Gasteiger partial charge in [-0.3, -0.25) is 0 Å². The van der Waals surface area contributed by atoms with Gasteiger partial charge in [-0.1, -0.05) is 13.3 Å². The fourth-order valence-corrected chi connectivity index (χ4v) is 0.875. The molecule has 0 saturated carbocycles. The zero-order chi connectivity index (χ0) is 9.40. The van der Waals surface area contributed by atoms with Gasteiger partial charge in [-0.15, -0.1) is 0 Å². The minimum Gasteiger partial charge on any atom is -0.397 e. The van der Waals surface area contributed by atoms with Crippen molar-refractivity contribution in [2.24, 2.45) is 0 Å². The molecule has 0 saturated heterocycles. The van der Waals surface area contributed by atoms with E-state index in [2.05, 4.69) is 0 Å². The molecule has 0 rings (SSSR count). The van der Waals surface area contributed by atoms with Crippen molar-refractivity contribution in [2.45, 2.75) is 19.2 Å². The van der Waals surface area contributed by atoms with Crippen molar-refractivity contribution in [3.63, 3.8) is 0 Å². The van der Waals surface area contributed by atoms with Crippen molar-refractivity contribution < 1.29 is 24.6 Å². The zero-order valence-corrected chi connectivity index (χ0v) is 7.14. The minimum absolute atomic E-state index is 0.0961. The molecule has 0 spiro atoms. The predicted octanol–water partition coefficient (Wildman–Crippen LogP) is -0.820. The van der Waals surface area contributed by atoms with E-state index in [4.69, 9.17) is 24.6 Å². The van der Waals surface area contributed by atoms with Crippen LogP contribution in [0, 0.1) is 0 Å². The first kappa shape index (κ1) is 11.9. The highest BCUT2D eigenvalue weighted by atomic mass is 16.7. The van der Waals surface area contributed by atoms with Gasteiger partial charge in [0.15, 0.2) is 0 Å². The Morgan fingerprint density at radius 3 is 1.92 bits per heavy atom. The Balaban J connectivity index is 3.86. The number of hydrogen-bond acceptors (Lipinski definition) is 5. The van der Waals surface area contributed by atoms with E-state index in [-0.39, 0.29) is 12.4 Å². The van der Waals surface area contributed by atoms with Crippen molar-refractivity contribution in [1.29, 1.82) is 0 Å².